The molecule has 0 spiro atoms. The van der Waals surface area contributed by atoms with Crippen molar-refractivity contribution in [2.24, 2.45) is 5.92 Å². The van der Waals surface area contributed by atoms with Crippen LogP contribution in [0.15, 0.2) is 12.3 Å². The molecule has 1 rings (SSSR count). The fraction of sp³-hybridized carbons (Fsp3) is 0.455. The predicted octanol–water partition coefficient (Wildman–Crippen LogP) is 2.19. The normalized spacial score (nSPS) is 10.5. The summed E-state index contributed by atoms with van der Waals surface area (Å²) in [6.07, 6.45) is 1.26. The second-order valence-electron chi connectivity index (χ2n) is 4.42. The van der Waals surface area contributed by atoms with Crippen molar-refractivity contribution in [3.05, 3.63) is 27.4 Å². The van der Waals surface area contributed by atoms with Gasteiger partial charge in [-0.05, 0) is 5.92 Å². The van der Waals surface area contributed by atoms with E-state index in [1.807, 2.05) is 13.8 Å². The second-order valence-corrected chi connectivity index (χ2v) is 4.86. The number of carboxylic acid groups (broad SMARTS) is 1. The Kier molecular flexibility index (Phi) is 5.05. The van der Waals surface area contributed by atoms with Crippen molar-refractivity contribution in [2.75, 3.05) is 18.0 Å². The minimum absolute atomic E-state index is 0.0190. The minimum atomic E-state index is -1.08. The SMILES string of the molecule is CC(C)CN(CC(=O)O)c1ncc(Cl)cc1[N+](=O)[O-]. The first kappa shape index (κ1) is 15.2. The number of aromatic nitrogens is 1. The number of carbonyl (C=O) groups is 1. The van der Waals surface area contributed by atoms with Crippen LogP contribution in [0.4, 0.5) is 11.5 Å². The van der Waals surface area contributed by atoms with Gasteiger partial charge in [-0.2, -0.15) is 0 Å². The van der Waals surface area contributed by atoms with Gasteiger partial charge in [0.15, 0.2) is 0 Å². The summed E-state index contributed by atoms with van der Waals surface area (Å²) < 4.78 is 0. The van der Waals surface area contributed by atoms with E-state index in [0.717, 1.165) is 0 Å². The van der Waals surface area contributed by atoms with Crippen LogP contribution in [-0.4, -0.2) is 34.1 Å². The van der Waals surface area contributed by atoms with Gasteiger partial charge in [-0.25, -0.2) is 4.98 Å². The van der Waals surface area contributed by atoms with Crippen molar-refractivity contribution in [3.8, 4) is 0 Å². The largest absolute Gasteiger partial charge is 0.480 e. The molecule has 1 N–H and O–H groups in total. The van der Waals surface area contributed by atoms with Crippen LogP contribution < -0.4 is 4.90 Å². The Balaban J connectivity index is 3.20. The lowest BCUT2D eigenvalue weighted by Crippen LogP contribution is -2.34. The van der Waals surface area contributed by atoms with Crippen molar-refractivity contribution in [2.45, 2.75) is 13.8 Å². The molecule has 1 heterocycles. The lowest BCUT2D eigenvalue weighted by molar-refractivity contribution is -0.384. The van der Waals surface area contributed by atoms with Crippen LogP contribution in [0.1, 0.15) is 13.8 Å². The van der Waals surface area contributed by atoms with Gasteiger partial charge in [-0.3, -0.25) is 14.9 Å². The van der Waals surface area contributed by atoms with Gasteiger partial charge in [0.05, 0.1) is 9.95 Å². The van der Waals surface area contributed by atoms with Gasteiger partial charge in [-0.15, -0.1) is 0 Å². The zero-order chi connectivity index (χ0) is 14.6. The molecule has 0 fully saturated rings. The van der Waals surface area contributed by atoms with E-state index in [1.54, 1.807) is 0 Å². The summed E-state index contributed by atoms with van der Waals surface area (Å²) in [6.45, 7) is 3.77. The number of hydrogen-bond donors (Lipinski definition) is 1. The van der Waals surface area contributed by atoms with Crippen molar-refractivity contribution in [1.82, 2.24) is 4.98 Å². The van der Waals surface area contributed by atoms with Crippen LogP contribution in [0.25, 0.3) is 0 Å². The van der Waals surface area contributed by atoms with Crippen LogP contribution in [0.3, 0.4) is 0 Å². The van der Waals surface area contributed by atoms with Crippen LogP contribution >= 0.6 is 11.6 Å². The fourth-order valence-electron chi connectivity index (χ4n) is 1.63. The molecule has 1 aromatic rings. The predicted molar refractivity (Wildman–Crippen MR) is 70.6 cm³/mol. The standard InChI is InChI=1S/C11H14ClN3O4/c1-7(2)5-14(6-10(16)17)11-9(15(18)19)3-8(12)4-13-11/h3-4,7H,5-6H2,1-2H3,(H,16,17). The molecule has 104 valence electrons. The van der Waals surface area contributed by atoms with E-state index in [1.165, 1.54) is 17.2 Å². The van der Waals surface area contributed by atoms with Crippen molar-refractivity contribution in [1.29, 1.82) is 0 Å². The summed E-state index contributed by atoms with van der Waals surface area (Å²) in [5.41, 5.74) is -0.297. The maximum atomic E-state index is 11.0. The third kappa shape index (κ3) is 4.36. The van der Waals surface area contributed by atoms with E-state index in [4.69, 9.17) is 16.7 Å². The quantitative estimate of drug-likeness (QED) is 0.636. The number of rotatable bonds is 6. The number of nitro groups is 1. The molecular weight excluding hydrogens is 274 g/mol. The first-order valence-electron chi connectivity index (χ1n) is 5.58. The van der Waals surface area contributed by atoms with Gasteiger partial charge in [0, 0.05) is 18.8 Å². The Hall–Kier alpha value is -1.89. The number of pyridine rings is 1. The van der Waals surface area contributed by atoms with E-state index in [2.05, 4.69) is 4.98 Å². The Morgan fingerprint density at radius 1 is 1.63 bits per heavy atom. The first-order valence-corrected chi connectivity index (χ1v) is 5.95. The molecule has 8 heteroatoms. The average Bonchev–Trinajstić information content (AvgIpc) is 2.26. The molecule has 0 aliphatic carbocycles. The summed E-state index contributed by atoms with van der Waals surface area (Å²) >= 11 is 5.68. The molecule has 0 aliphatic heterocycles. The number of hydrogen-bond acceptors (Lipinski definition) is 5. The molecule has 7 nitrogen and oxygen atoms in total. The molecule has 0 bridgehead atoms. The van der Waals surface area contributed by atoms with Gasteiger partial charge >= 0.3 is 11.7 Å². The van der Waals surface area contributed by atoms with Gasteiger partial charge < -0.3 is 10.0 Å². The minimum Gasteiger partial charge on any atom is -0.480 e. The van der Waals surface area contributed by atoms with Gasteiger partial charge in [0.25, 0.3) is 0 Å². The van der Waals surface area contributed by atoms with Crippen molar-refractivity contribution in [3.63, 3.8) is 0 Å². The lowest BCUT2D eigenvalue weighted by atomic mass is 10.2. The Bertz CT molecular complexity index is 493. The molecule has 0 saturated heterocycles. The molecule has 0 aliphatic rings. The molecule has 0 radical (unpaired) electrons. The lowest BCUT2D eigenvalue weighted by Gasteiger charge is -2.23. The Morgan fingerprint density at radius 3 is 2.74 bits per heavy atom. The van der Waals surface area contributed by atoms with Gasteiger partial charge in [0.1, 0.15) is 6.54 Å². The van der Waals surface area contributed by atoms with Crippen LogP contribution in [0, 0.1) is 16.0 Å². The number of aliphatic carboxylic acids is 1. The number of carboxylic acids is 1. The third-order valence-electron chi connectivity index (χ3n) is 2.22. The zero-order valence-corrected chi connectivity index (χ0v) is 11.3. The Labute approximate surface area is 115 Å². The summed E-state index contributed by atoms with van der Waals surface area (Å²) in [5.74, 6) is -0.923. The molecule has 1 aromatic heterocycles. The third-order valence-corrected chi connectivity index (χ3v) is 2.43. The monoisotopic (exact) mass is 287 g/mol. The van der Waals surface area contributed by atoms with Crippen LogP contribution in [0.5, 0.6) is 0 Å². The van der Waals surface area contributed by atoms with E-state index in [0.29, 0.717) is 6.54 Å². The van der Waals surface area contributed by atoms with Crippen molar-refractivity contribution < 1.29 is 14.8 Å². The number of halogens is 1. The molecule has 0 unspecified atom stereocenters. The van der Waals surface area contributed by atoms with Gasteiger partial charge in [-0.1, -0.05) is 25.4 Å². The number of anilines is 1. The second kappa shape index (κ2) is 6.33. The highest BCUT2D eigenvalue weighted by Gasteiger charge is 2.24. The van der Waals surface area contributed by atoms with E-state index in [9.17, 15) is 14.9 Å². The summed E-state index contributed by atoms with van der Waals surface area (Å²) in [5, 5.41) is 20.0. The molecule has 0 saturated carbocycles. The maximum absolute atomic E-state index is 11.0. The molecule has 0 atom stereocenters. The summed E-state index contributed by atoms with van der Waals surface area (Å²) in [6, 6.07) is 1.17. The highest BCUT2D eigenvalue weighted by molar-refractivity contribution is 6.30. The smallest absolute Gasteiger partial charge is 0.323 e. The fourth-order valence-corrected chi connectivity index (χ4v) is 1.78. The zero-order valence-electron chi connectivity index (χ0n) is 10.5. The van der Waals surface area contributed by atoms with Gasteiger partial charge in [0.2, 0.25) is 5.82 Å². The Morgan fingerprint density at radius 2 is 2.26 bits per heavy atom. The average molecular weight is 288 g/mol. The number of nitrogens with zero attached hydrogens (tertiary/aromatic N) is 3. The van der Waals surface area contributed by atoms with E-state index in [-0.39, 0.29) is 29.0 Å². The van der Waals surface area contributed by atoms with E-state index < -0.39 is 10.9 Å². The molecule has 0 amide bonds. The highest BCUT2D eigenvalue weighted by atomic mass is 35.5. The van der Waals surface area contributed by atoms with Crippen LogP contribution in [0.2, 0.25) is 5.02 Å². The highest BCUT2D eigenvalue weighted by Crippen LogP contribution is 2.28. The molecule has 0 aromatic carbocycles. The summed E-state index contributed by atoms with van der Waals surface area (Å²) in [7, 11) is 0. The van der Waals surface area contributed by atoms with Crippen molar-refractivity contribution >= 4 is 29.1 Å². The molecule has 19 heavy (non-hydrogen) atoms. The topological polar surface area (TPSA) is 96.6 Å². The van der Waals surface area contributed by atoms with E-state index >= 15 is 0 Å². The first-order chi connectivity index (χ1) is 8.81. The maximum Gasteiger partial charge on any atom is 0.323 e. The molecular formula is C11H14ClN3O4. The summed E-state index contributed by atoms with van der Waals surface area (Å²) in [4.78, 5) is 26.5. The van der Waals surface area contributed by atoms with Crippen LogP contribution in [-0.2, 0) is 4.79 Å².